The number of aryl methyl sites for hydroxylation is 1. The van der Waals surface area contributed by atoms with Gasteiger partial charge in [-0.2, -0.15) is 0 Å². The van der Waals surface area contributed by atoms with Crippen molar-refractivity contribution in [1.82, 2.24) is 14.6 Å². The lowest BCUT2D eigenvalue weighted by Gasteiger charge is -2.02. The van der Waals surface area contributed by atoms with Crippen LogP contribution < -0.4 is 5.56 Å². The Kier molecular flexibility index (Phi) is 3.44. The van der Waals surface area contributed by atoms with Gasteiger partial charge in [0.05, 0.1) is 0 Å². The van der Waals surface area contributed by atoms with Crippen LogP contribution in [0.15, 0.2) is 45.8 Å². The van der Waals surface area contributed by atoms with Crippen LogP contribution in [0.5, 0.6) is 0 Å². The van der Waals surface area contributed by atoms with Crippen molar-refractivity contribution < 1.29 is 0 Å². The Morgan fingerprint density at radius 1 is 1.35 bits per heavy atom. The Morgan fingerprint density at radius 3 is 2.95 bits per heavy atom. The smallest absolute Gasteiger partial charge is 0.272 e. The van der Waals surface area contributed by atoms with Gasteiger partial charge < -0.3 is 0 Å². The molecule has 2 aromatic heterocycles. The van der Waals surface area contributed by atoms with Crippen molar-refractivity contribution in [3.63, 3.8) is 0 Å². The van der Waals surface area contributed by atoms with Crippen LogP contribution in [0, 0.1) is 0 Å². The van der Waals surface area contributed by atoms with Gasteiger partial charge in [0.15, 0.2) is 5.65 Å². The molecular weight excluding hydrogens is 318 g/mol. The zero-order chi connectivity index (χ0) is 14.1. The minimum absolute atomic E-state index is 0.0697. The third-order valence-electron chi connectivity index (χ3n) is 3.19. The number of aromatic amines is 1. The highest BCUT2D eigenvalue weighted by Gasteiger charge is 2.10. The molecule has 0 aliphatic carbocycles. The lowest BCUT2D eigenvalue weighted by atomic mass is 10.1. The molecule has 0 amide bonds. The molecule has 0 atom stereocenters. The molecule has 3 rings (SSSR count). The standard InChI is InChI=1S/C15H14BrN3O/c1-2-4-12-8-14(20)19-15(18-12)13(9-17-19)10-5-3-6-11(16)7-10/h3,5-9,17H,2,4H2,1H3. The fraction of sp³-hybridized carbons (Fsp3) is 0.200. The van der Waals surface area contributed by atoms with Crippen LogP contribution in [-0.4, -0.2) is 14.6 Å². The average Bonchev–Trinajstić information content (AvgIpc) is 2.83. The summed E-state index contributed by atoms with van der Waals surface area (Å²) < 4.78 is 2.48. The van der Waals surface area contributed by atoms with Crippen LogP contribution in [0.25, 0.3) is 16.8 Å². The quantitative estimate of drug-likeness (QED) is 0.799. The van der Waals surface area contributed by atoms with Crippen LogP contribution >= 0.6 is 15.9 Å². The summed E-state index contributed by atoms with van der Waals surface area (Å²) in [4.78, 5) is 16.7. The molecule has 3 aromatic rings. The molecular formula is C15H14BrN3O. The molecule has 1 N–H and O–H groups in total. The Morgan fingerprint density at radius 2 is 2.20 bits per heavy atom. The van der Waals surface area contributed by atoms with Crippen LogP contribution in [-0.2, 0) is 6.42 Å². The molecule has 102 valence electrons. The monoisotopic (exact) mass is 331 g/mol. The van der Waals surface area contributed by atoms with E-state index in [4.69, 9.17) is 0 Å². The molecule has 0 saturated heterocycles. The molecule has 0 unspecified atom stereocenters. The second-order valence-electron chi connectivity index (χ2n) is 4.69. The molecule has 0 aliphatic rings. The van der Waals surface area contributed by atoms with Crippen molar-refractivity contribution in [1.29, 1.82) is 0 Å². The first kappa shape index (κ1) is 13.1. The zero-order valence-corrected chi connectivity index (χ0v) is 12.6. The molecule has 0 spiro atoms. The third kappa shape index (κ3) is 2.29. The van der Waals surface area contributed by atoms with E-state index in [1.54, 1.807) is 6.07 Å². The topological polar surface area (TPSA) is 50.2 Å². The Balaban J connectivity index is 2.24. The van der Waals surface area contributed by atoms with Crippen molar-refractivity contribution in [2.45, 2.75) is 19.8 Å². The summed E-state index contributed by atoms with van der Waals surface area (Å²) in [6.45, 7) is 2.08. The van der Waals surface area contributed by atoms with E-state index < -0.39 is 0 Å². The van der Waals surface area contributed by atoms with Gasteiger partial charge >= 0.3 is 0 Å². The highest BCUT2D eigenvalue weighted by atomic mass is 79.9. The summed E-state index contributed by atoms with van der Waals surface area (Å²) in [5.41, 5.74) is 3.41. The lowest BCUT2D eigenvalue weighted by Crippen LogP contribution is -2.15. The van der Waals surface area contributed by atoms with Crippen molar-refractivity contribution in [3.8, 4) is 11.1 Å². The maximum absolute atomic E-state index is 12.1. The van der Waals surface area contributed by atoms with E-state index in [1.807, 2.05) is 30.5 Å². The van der Waals surface area contributed by atoms with Gasteiger partial charge in [-0.25, -0.2) is 9.50 Å². The number of aromatic nitrogens is 3. The Hall–Kier alpha value is -1.88. The predicted molar refractivity (Wildman–Crippen MR) is 82.9 cm³/mol. The summed E-state index contributed by atoms with van der Waals surface area (Å²) >= 11 is 3.47. The van der Waals surface area contributed by atoms with Gasteiger partial charge in [-0.15, -0.1) is 0 Å². The van der Waals surface area contributed by atoms with E-state index in [2.05, 4.69) is 32.9 Å². The first-order valence-electron chi connectivity index (χ1n) is 6.55. The van der Waals surface area contributed by atoms with E-state index in [0.29, 0.717) is 5.65 Å². The molecule has 0 aliphatic heterocycles. The highest BCUT2D eigenvalue weighted by molar-refractivity contribution is 9.10. The SMILES string of the molecule is CCCc1cc(=O)n2[nH]cc(-c3cccc(Br)c3)c2n1. The number of nitrogens with zero attached hydrogens (tertiary/aromatic N) is 2. The van der Waals surface area contributed by atoms with E-state index in [0.717, 1.165) is 34.1 Å². The molecule has 0 fully saturated rings. The maximum Gasteiger partial charge on any atom is 0.272 e. The van der Waals surface area contributed by atoms with Gasteiger partial charge in [0.25, 0.3) is 5.56 Å². The van der Waals surface area contributed by atoms with Crippen LogP contribution in [0.3, 0.4) is 0 Å². The zero-order valence-electron chi connectivity index (χ0n) is 11.1. The van der Waals surface area contributed by atoms with Crippen molar-refractivity contribution in [2.24, 2.45) is 0 Å². The van der Waals surface area contributed by atoms with Gasteiger partial charge in [-0.05, 0) is 24.1 Å². The van der Waals surface area contributed by atoms with Crippen LogP contribution in [0.4, 0.5) is 0 Å². The Labute approximate surface area is 124 Å². The minimum atomic E-state index is -0.0697. The predicted octanol–water partition coefficient (Wildman–Crippen LogP) is 3.40. The van der Waals surface area contributed by atoms with Gasteiger partial charge in [-0.1, -0.05) is 41.4 Å². The maximum atomic E-state index is 12.1. The minimum Gasteiger partial charge on any atom is -0.296 e. The molecule has 0 saturated carbocycles. The largest absolute Gasteiger partial charge is 0.296 e. The molecule has 5 heteroatoms. The van der Waals surface area contributed by atoms with Gasteiger partial charge in [-0.3, -0.25) is 9.89 Å². The average molecular weight is 332 g/mol. The third-order valence-corrected chi connectivity index (χ3v) is 3.69. The summed E-state index contributed by atoms with van der Waals surface area (Å²) in [6.07, 6.45) is 3.61. The number of hydrogen-bond acceptors (Lipinski definition) is 2. The second kappa shape index (κ2) is 5.25. The molecule has 0 radical (unpaired) electrons. The van der Waals surface area contributed by atoms with E-state index in [-0.39, 0.29) is 5.56 Å². The normalized spacial score (nSPS) is 11.1. The number of rotatable bonds is 3. The number of halogens is 1. The fourth-order valence-corrected chi connectivity index (χ4v) is 2.68. The summed E-state index contributed by atoms with van der Waals surface area (Å²) in [5.74, 6) is 0. The first-order chi connectivity index (χ1) is 9.69. The second-order valence-corrected chi connectivity index (χ2v) is 5.61. The van der Waals surface area contributed by atoms with Crippen LogP contribution in [0.2, 0.25) is 0 Å². The fourth-order valence-electron chi connectivity index (χ4n) is 2.28. The lowest BCUT2D eigenvalue weighted by molar-refractivity contribution is 0.839. The van der Waals surface area contributed by atoms with Gasteiger partial charge in [0.1, 0.15) is 0 Å². The summed E-state index contributed by atoms with van der Waals surface area (Å²) in [5, 5.41) is 2.97. The summed E-state index contributed by atoms with van der Waals surface area (Å²) in [7, 11) is 0. The highest BCUT2D eigenvalue weighted by Crippen LogP contribution is 2.25. The van der Waals surface area contributed by atoms with Crippen LogP contribution in [0.1, 0.15) is 19.0 Å². The van der Waals surface area contributed by atoms with Crippen molar-refractivity contribution in [3.05, 3.63) is 57.0 Å². The van der Waals surface area contributed by atoms with E-state index in [9.17, 15) is 4.79 Å². The molecule has 2 heterocycles. The van der Waals surface area contributed by atoms with Crippen molar-refractivity contribution >= 4 is 21.6 Å². The molecule has 20 heavy (non-hydrogen) atoms. The number of benzene rings is 1. The van der Waals surface area contributed by atoms with Crippen molar-refractivity contribution in [2.75, 3.05) is 0 Å². The molecule has 1 aromatic carbocycles. The Bertz CT molecular complexity index is 819. The number of H-pyrrole nitrogens is 1. The first-order valence-corrected chi connectivity index (χ1v) is 7.34. The number of fused-ring (bicyclic) bond motifs is 1. The van der Waals surface area contributed by atoms with Gasteiger partial charge in [0.2, 0.25) is 0 Å². The molecule has 4 nitrogen and oxygen atoms in total. The van der Waals surface area contributed by atoms with E-state index >= 15 is 0 Å². The molecule has 0 bridgehead atoms. The number of nitrogens with one attached hydrogen (secondary N) is 1. The van der Waals surface area contributed by atoms with E-state index in [1.165, 1.54) is 4.52 Å². The van der Waals surface area contributed by atoms with Gasteiger partial charge in [0, 0.05) is 28.0 Å². The number of hydrogen-bond donors (Lipinski definition) is 1. The summed E-state index contributed by atoms with van der Waals surface area (Å²) in [6, 6.07) is 9.56.